The molecule has 1 aliphatic heterocycles. The zero-order chi connectivity index (χ0) is 24.7. The van der Waals surface area contributed by atoms with Crippen LogP contribution in [0.2, 0.25) is 0 Å². The van der Waals surface area contributed by atoms with Gasteiger partial charge in [-0.15, -0.1) is 0 Å². The molecule has 1 amide bonds. The number of ether oxygens (including phenoxy) is 1. The Morgan fingerprint density at radius 3 is 2.20 bits per heavy atom. The summed E-state index contributed by atoms with van der Waals surface area (Å²) >= 11 is 0. The molecule has 35 heavy (non-hydrogen) atoms. The van der Waals surface area contributed by atoms with E-state index < -0.39 is 10.0 Å². The van der Waals surface area contributed by atoms with Crippen molar-refractivity contribution in [3.8, 4) is 5.75 Å². The van der Waals surface area contributed by atoms with Crippen molar-refractivity contribution in [1.29, 1.82) is 0 Å². The maximum absolute atomic E-state index is 12.6. The van der Waals surface area contributed by atoms with Gasteiger partial charge in [0.05, 0.1) is 11.9 Å². The molecule has 8 heteroatoms. The smallest absolute Gasteiger partial charge is 0.241 e. The van der Waals surface area contributed by atoms with Gasteiger partial charge in [0.2, 0.25) is 15.9 Å². The highest BCUT2D eigenvalue weighted by Crippen LogP contribution is 2.23. The third kappa shape index (κ3) is 6.99. The fraction of sp³-hybridized carbons (Fsp3) is 0.296. The number of anilines is 2. The number of carbonyl (C=O) groups excluding carboxylic acids is 1. The van der Waals surface area contributed by atoms with Crippen LogP contribution in [0.4, 0.5) is 11.4 Å². The molecule has 1 saturated heterocycles. The van der Waals surface area contributed by atoms with Crippen LogP contribution in [0, 0.1) is 0 Å². The van der Waals surface area contributed by atoms with E-state index in [1.165, 1.54) is 18.5 Å². The lowest BCUT2D eigenvalue weighted by Gasteiger charge is -2.22. The predicted octanol–water partition coefficient (Wildman–Crippen LogP) is 3.95. The third-order valence-electron chi connectivity index (χ3n) is 5.96. The van der Waals surface area contributed by atoms with Crippen molar-refractivity contribution in [1.82, 2.24) is 5.32 Å². The van der Waals surface area contributed by atoms with Crippen molar-refractivity contribution < 1.29 is 17.9 Å². The van der Waals surface area contributed by atoms with Crippen LogP contribution >= 0.6 is 0 Å². The molecule has 1 aliphatic rings. The molecular formula is C27H31N3O4S. The second-order valence-electron chi connectivity index (χ2n) is 8.68. The number of amides is 1. The molecule has 1 N–H and O–H groups in total. The standard InChI is InChI=1S/C27H31N3O4S/c1-35(32,33)30(25-13-15-26(16-14-25)34-21-23-7-3-2-4-8-23)20-27(31)28-19-22-9-11-24(12-10-22)29-17-5-6-18-29/h2-4,7-16H,5-6,17-21H2,1H3,(H,28,31). The lowest BCUT2D eigenvalue weighted by Crippen LogP contribution is -2.40. The molecule has 0 aliphatic carbocycles. The lowest BCUT2D eigenvalue weighted by atomic mass is 10.2. The van der Waals surface area contributed by atoms with Crippen molar-refractivity contribution in [3.63, 3.8) is 0 Å². The first-order valence-electron chi connectivity index (χ1n) is 11.7. The van der Waals surface area contributed by atoms with E-state index in [4.69, 9.17) is 4.74 Å². The van der Waals surface area contributed by atoms with Gasteiger partial charge in [-0.3, -0.25) is 9.10 Å². The minimum absolute atomic E-state index is 0.297. The Morgan fingerprint density at radius 2 is 1.57 bits per heavy atom. The van der Waals surface area contributed by atoms with Crippen molar-refractivity contribution in [3.05, 3.63) is 90.0 Å². The summed E-state index contributed by atoms with van der Waals surface area (Å²) in [6, 6.07) is 24.6. The summed E-state index contributed by atoms with van der Waals surface area (Å²) in [6.07, 6.45) is 3.54. The number of hydrogen-bond donors (Lipinski definition) is 1. The molecule has 7 nitrogen and oxygen atoms in total. The van der Waals surface area contributed by atoms with E-state index in [-0.39, 0.29) is 12.5 Å². The molecule has 0 spiro atoms. The van der Waals surface area contributed by atoms with E-state index in [1.807, 2.05) is 42.5 Å². The Labute approximate surface area is 207 Å². The first kappa shape index (κ1) is 24.6. The van der Waals surface area contributed by atoms with Gasteiger partial charge in [0.15, 0.2) is 0 Å². The van der Waals surface area contributed by atoms with Crippen molar-refractivity contribution in [2.75, 3.05) is 35.1 Å². The molecule has 0 bridgehead atoms. The summed E-state index contributed by atoms with van der Waals surface area (Å²) in [5, 5.41) is 2.83. The Hall–Kier alpha value is -3.52. The summed E-state index contributed by atoms with van der Waals surface area (Å²) in [7, 11) is -3.65. The number of rotatable bonds is 10. The summed E-state index contributed by atoms with van der Waals surface area (Å²) in [5.41, 5.74) is 3.60. The van der Waals surface area contributed by atoms with Crippen LogP contribution in [0.1, 0.15) is 24.0 Å². The van der Waals surface area contributed by atoms with Gasteiger partial charge in [0, 0.05) is 25.3 Å². The fourth-order valence-corrected chi connectivity index (χ4v) is 4.89. The SMILES string of the molecule is CS(=O)(=O)N(CC(=O)NCc1ccc(N2CCCC2)cc1)c1ccc(OCc2ccccc2)cc1. The van der Waals surface area contributed by atoms with E-state index in [2.05, 4.69) is 22.3 Å². The van der Waals surface area contributed by atoms with E-state index >= 15 is 0 Å². The molecule has 3 aromatic carbocycles. The average Bonchev–Trinajstić information content (AvgIpc) is 3.41. The van der Waals surface area contributed by atoms with Gasteiger partial charge in [-0.1, -0.05) is 42.5 Å². The van der Waals surface area contributed by atoms with Gasteiger partial charge >= 0.3 is 0 Å². The van der Waals surface area contributed by atoms with E-state index in [9.17, 15) is 13.2 Å². The second-order valence-corrected chi connectivity index (χ2v) is 10.6. The van der Waals surface area contributed by atoms with Crippen LogP contribution < -0.4 is 19.3 Å². The van der Waals surface area contributed by atoms with Gasteiger partial charge in [0.25, 0.3) is 0 Å². The van der Waals surface area contributed by atoms with Crippen LogP contribution in [-0.2, 0) is 28.0 Å². The molecule has 0 aromatic heterocycles. The fourth-order valence-electron chi connectivity index (χ4n) is 4.04. The first-order chi connectivity index (χ1) is 16.9. The van der Waals surface area contributed by atoms with Crippen LogP contribution in [0.3, 0.4) is 0 Å². The normalized spacial score (nSPS) is 13.5. The number of carbonyl (C=O) groups is 1. The molecule has 0 atom stereocenters. The summed E-state index contributed by atoms with van der Waals surface area (Å²) < 4.78 is 31.7. The number of nitrogens with zero attached hydrogens (tertiary/aromatic N) is 2. The molecule has 0 unspecified atom stereocenters. The van der Waals surface area contributed by atoms with Crippen LogP contribution in [0.5, 0.6) is 5.75 Å². The number of sulfonamides is 1. The van der Waals surface area contributed by atoms with Gasteiger partial charge in [-0.25, -0.2) is 8.42 Å². The van der Waals surface area contributed by atoms with Gasteiger partial charge in [-0.2, -0.15) is 0 Å². The molecule has 0 saturated carbocycles. The van der Waals surface area contributed by atoms with Crippen LogP contribution in [-0.4, -0.2) is 40.2 Å². The van der Waals surface area contributed by atoms with E-state index in [0.717, 1.165) is 34.8 Å². The molecule has 0 radical (unpaired) electrons. The minimum Gasteiger partial charge on any atom is -0.489 e. The quantitative estimate of drug-likeness (QED) is 0.463. The summed E-state index contributed by atoms with van der Waals surface area (Å²) in [4.78, 5) is 15.0. The maximum Gasteiger partial charge on any atom is 0.241 e. The lowest BCUT2D eigenvalue weighted by molar-refractivity contribution is -0.119. The number of hydrogen-bond acceptors (Lipinski definition) is 5. The van der Waals surface area contributed by atoms with E-state index in [0.29, 0.717) is 24.6 Å². The third-order valence-corrected chi connectivity index (χ3v) is 7.10. The Morgan fingerprint density at radius 1 is 0.914 bits per heavy atom. The zero-order valence-electron chi connectivity index (χ0n) is 19.9. The molecule has 1 fully saturated rings. The minimum atomic E-state index is -3.65. The molecular weight excluding hydrogens is 462 g/mol. The van der Waals surface area contributed by atoms with Crippen LogP contribution in [0.15, 0.2) is 78.9 Å². The zero-order valence-corrected chi connectivity index (χ0v) is 20.7. The highest BCUT2D eigenvalue weighted by atomic mass is 32.2. The van der Waals surface area contributed by atoms with Gasteiger partial charge in [-0.05, 0) is 60.4 Å². The monoisotopic (exact) mass is 493 g/mol. The molecule has 184 valence electrons. The second kappa shape index (κ2) is 11.3. The molecule has 4 rings (SSSR count). The van der Waals surface area contributed by atoms with Gasteiger partial charge in [0.1, 0.15) is 18.9 Å². The summed E-state index contributed by atoms with van der Waals surface area (Å²) in [5.74, 6) is 0.247. The Kier molecular flexibility index (Phi) is 7.92. The summed E-state index contributed by atoms with van der Waals surface area (Å²) in [6.45, 7) is 2.62. The molecule has 1 heterocycles. The topological polar surface area (TPSA) is 79.0 Å². The highest BCUT2D eigenvalue weighted by Gasteiger charge is 2.21. The maximum atomic E-state index is 12.6. The van der Waals surface area contributed by atoms with Crippen LogP contribution in [0.25, 0.3) is 0 Å². The molecule has 3 aromatic rings. The largest absolute Gasteiger partial charge is 0.489 e. The first-order valence-corrected chi connectivity index (χ1v) is 13.6. The number of nitrogens with one attached hydrogen (secondary N) is 1. The Bertz CT molecular complexity index is 1210. The number of benzene rings is 3. The highest BCUT2D eigenvalue weighted by molar-refractivity contribution is 7.92. The average molecular weight is 494 g/mol. The van der Waals surface area contributed by atoms with Crippen molar-refractivity contribution in [2.45, 2.75) is 26.0 Å². The van der Waals surface area contributed by atoms with Crippen molar-refractivity contribution in [2.24, 2.45) is 0 Å². The Balaban J connectivity index is 1.33. The van der Waals surface area contributed by atoms with Crippen molar-refractivity contribution >= 4 is 27.3 Å². The predicted molar refractivity (Wildman–Crippen MR) is 139 cm³/mol. The van der Waals surface area contributed by atoms with E-state index in [1.54, 1.807) is 24.3 Å². The van der Waals surface area contributed by atoms with Gasteiger partial charge < -0.3 is 15.0 Å².